The Kier molecular flexibility index (Phi) is 1.75. The van der Waals surface area contributed by atoms with E-state index in [4.69, 9.17) is 11.5 Å². The summed E-state index contributed by atoms with van der Waals surface area (Å²) in [4.78, 5) is 0. The molecule has 0 aromatic carbocycles. The van der Waals surface area contributed by atoms with Crippen LogP contribution in [0.25, 0.3) is 0 Å². The number of hydrogen-bond acceptors (Lipinski definition) is 2. The van der Waals surface area contributed by atoms with Crippen molar-refractivity contribution in [2.45, 2.75) is 25.7 Å². The number of hydrogen-bond donors (Lipinski definition) is 2. The van der Waals surface area contributed by atoms with Crippen molar-refractivity contribution in [1.29, 1.82) is 0 Å². The Morgan fingerprint density at radius 1 is 1.33 bits per heavy atom. The zero-order valence-corrected chi connectivity index (χ0v) is 7.03. The highest BCUT2D eigenvalue weighted by molar-refractivity contribution is 5.90. The predicted molar refractivity (Wildman–Crippen MR) is 48.7 cm³/mol. The molecule has 4 heteroatoms. The van der Waals surface area contributed by atoms with Gasteiger partial charge >= 0.3 is 0 Å². The van der Waals surface area contributed by atoms with E-state index < -0.39 is 0 Å². The van der Waals surface area contributed by atoms with Crippen molar-refractivity contribution in [2.75, 3.05) is 0 Å². The molecule has 0 spiro atoms. The second-order valence-electron chi connectivity index (χ2n) is 3.70. The van der Waals surface area contributed by atoms with Gasteiger partial charge in [-0.15, -0.1) is 5.10 Å². The fourth-order valence-corrected chi connectivity index (χ4v) is 2.27. The molecule has 0 aliphatic heterocycles. The maximum atomic E-state index is 5.19. The molecule has 0 amide bonds. The average molecular weight is 166 g/mol. The molecule has 4 N–H and O–H groups in total. The van der Waals surface area contributed by atoms with Crippen LogP contribution in [-0.2, 0) is 0 Å². The summed E-state index contributed by atoms with van der Waals surface area (Å²) in [5.41, 5.74) is 11.6. The smallest absolute Gasteiger partial charge is 0.211 e. The Morgan fingerprint density at radius 2 is 2.17 bits per heavy atom. The molecule has 2 bridgehead atoms. The highest BCUT2D eigenvalue weighted by atomic mass is 15.3. The molecule has 66 valence electrons. The lowest BCUT2D eigenvalue weighted by Gasteiger charge is -2.09. The lowest BCUT2D eigenvalue weighted by Crippen LogP contribution is -2.22. The Hall–Kier alpha value is -1.06. The average Bonchev–Trinajstić information content (AvgIpc) is 2.60. The van der Waals surface area contributed by atoms with Crippen molar-refractivity contribution in [3.63, 3.8) is 0 Å². The summed E-state index contributed by atoms with van der Waals surface area (Å²) in [5, 5.41) is 7.75. The van der Waals surface area contributed by atoms with Gasteiger partial charge in [-0.25, -0.2) is 0 Å². The van der Waals surface area contributed by atoms with Crippen molar-refractivity contribution in [3.05, 3.63) is 0 Å². The standard InChI is InChI=1S/C8H14N4/c9-8(10)12-11-7-4-5-1-2-6(7)3-5/h5-6H,1-4H2,(H4,9,10,12). The highest BCUT2D eigenvalue weighted by Crippen LogP contribution is 2.42. The molecule has 0 aromatic rings. The second-order valence-corrected chi connectivity index (χ2v) is 3.70. The monoisotopic (exact) mass is 166 g/mol. The molecule has 2 aliphatic rings. The van der Waals surface area contributed by atoms with Crippen molar-refractivity contribution in [3.8, 4) is 0 Å². The van der Waals surface area contributed by atoms with Gasteiger partial charge in [0.2, 0.25) is 5.96 Å². The van der Waals surface area contributed by atoms with E-state index in [1.165, 1.54) is 25.0 Å². The summed E-state index contributed by atoms with van der Waals surface area (Å²) >= 11 is 0. The SMILES string of the molecule is NC(N)=NN=C1CC2CCC1C2. The van der Waals surface area contributed by atoms with Gasteiger partial charge < -0.3 is 11.5 Å². The van der Waals surface area contributed by atoms with E-state index in [0.717, 1.165) is 12.3 Å². The lowest BCUT2D eigenvalue weighted by atomic mass is 9.99. The van der Waals surface area contributed by atoms with E-state index in [9.17, 15) is 0 Å². The van der Waals surface area contributed by atoms with Crippen molar-refractivity contribution in [2.24, 2.45) is 33.5 Å². The zero-order chi connectivity index (χ0) is 8.55. The van der Waals surface area contributed by atoms with E-state index in [1.807, 2.05) is 0 Å². The largest absolute Gasteiger partial charge is 0.369 e. The van der Waals surface area contributed by atoms with Gasteiger partial charge in [0.05, 0.1) is 0 Å². The molecule has 2 saturated carbocycles. The topological polar surface area (TPSA) is 76.8 Å². The molecule has 0 saturated heterocycles. The summed E-state index contributed by atoms with van der Waals surface area (Å²) in [5.74, 6) is 1.60. The van der Waals surface area contributed by atoms with Crippen LogP contribution in [0.3, 0.4) is 0 Å². The summed E-state index contributed by atoms with van der Waals surface area (Å²) in [6.45, 7) is 0. The molecule has 0 heterocycles. The van der Waals surface area contributed by atoms with Gasteiger partial charge in [0, 0.05) is 5.71 Å². The van der Waals surface area contributed by atoms with E-state index in [0.29, 0.717) is 5.92 Å². The van der Waals surface area contributed by atoms with Crippen LogP contribution in [0.1, 0.15) is 25.7 Å². The number of nitrogens with two attached hydrogens (primary N) is 2. The fraction of sp³-hybridized carbons (Fsp3) is 0.750. The Labute approximate surface area is 71.7 Å². The van der Waals surface area contributed by atoms with Gasteiger partial charge in [0.15, 0.2) is 0 Å². The van der Waals surface area contributed by atoms with Crippen LogP contribution in [0.5, 0.6) is 0 Å². The fourth-order valence-electron chi connectivity index (χ4n) is 2.27. The van der Waals surface area contributed by atoms with Crippen LogP contribution in [0.15, 0.2) is 10.2 Å². The van der Waals surface area contributed by atoms with Gasteiger partial charge in [0.25, 0.3) is 0 Å². The Balaban J connectivity index is 2.07. The predicted octanol–water partition coefficient (Wildman–Crippen LogP) is 0.436. The third kappa shape index (κ3) is 1.29. The van der Waals surface area contributed by atoms with Crippen molar-refractivity contribution in [1.82, 2.24) is 0 Å². The number of guanidine groups is 1. The summed E-state index contributed by atoms with van der Waals surface area (Å²) in [6.07, 6.45) is 5.06. The molecule has 12 heavy (non-hydrogen) atoms. The third-order valence-electron chi connectivity index (χ3n) is 2.80. The Morgan fingerprint density at radius 3 is 2.67 bits per heavy atom. The van der Waals surface area contributed by atoms with Gasteiger partial charge in [0.1, 0.15) is 0 Å². The quantitative estimate of drug-likeness (QED) is 0.337. The van der Waals surface area contributed by atoms with Gasteiger partial charge in [-0.3, -0.25) is 0 Å². The van der Waals surface area contributed by atoms with Crippen molar-refractivity contribution >= 4 is 11.7 Å². The summed E-state index contributed by atoms with van der Waals surface area (Å²) in [7, 11) is 0. The van der Waals surface area contributed by atoms with Crippen LogP contribution in [0, 0.1) is 11.8 Å². The molecule has 2 fully saturated rings. The maximum absolute atomic E-state index is 5.19. The molecule has 2 unspecified atom stereocenters. The minimum Gasteiger partial charge on any atom is -0.369 e. The van der Waals surface area contributed by atoms with Crippen LogP contribution in [0.2, 0.25) is 0 Å². The van der Waals surface area contributed by atoms with Crippen molar-refractivity contribution < 1.29 is 0 Å². The number of nitrogens with zero attached hydrogens (tertiary/aromatic N) is 2. The van der Waals surface area contributed by atoms with E-state index in [1.54, 1.807) is 0 Å². The first-order valence-electron chi connectivity index (χ1n) is 4.41. The van der Waals surface area contributed by atoms with Crippen LogP contribution >= 0.6 is 0 Å². The normalized spacial score (nSPS) is 35.8. The third-order valence-corrected chi connectivity index (χ3v) is 2.80. The number of fused-ring (bicyclic) bond motifs is 2. The van der Waals surface area contributed by atoms with Crippen LogP contribution in [-0.4, -0.2) is 11.7 Å². The molecule has 2 atom stereocenters. The maximum Gasteiger partial charge on any atom is 0.211 e. The molecular weight excluding hydrogens is 152 g/mol. The first-order chi connectivity index (χ1) is 5.75. The second kappa shape index (κ2) is 2.77. The molecule has 2 rings (SSSR count). The summed E-state index contributed by atoms with van der Waals surface area (Å²) < 4.78 is 0. The number of rotatable bonds is 1. The first kappa shape index (κ1) is 7.58. The van der Waals surface area contributed by atoms with Gasteiger partial charge in [-0.2, -0.15) is 5.10 Å². The molecule has 2 aliphatic carbocycles. The van der Waals surface area contributed by atoms with Crippen LogP contribution < -0.4 is 11.5 Å². The summed E-state index contributed by atoms with van der Waals surface area (Å²) in [6, 6.07) is 0. The Bertz CT molecular complexity index is 239. The lowest BCUT2D eigenvalue weighted by molar-refractivity contribution is 0.591. The molecule has 0 aromatic heterocycles. The highest BCUT2D eigenvalue weighted by Gasteiger charge is 2.36. The minimum absolute atomic E-state index is 0.0604. The van der Waals surface area contributed by atoms with E-state index in [-0.39, 0.29) is 5.96 Å². The zero-order valence-electron chi connectivity index (χ0n) is 7.03. The molecule has 4 nitrogen and oxygen atoms in total. The van der Waals surface area contributed by atoms with Gasteiger partial charge in [-0.05, 0) is 37.5 Å². The molecular formula is C8H14N4. The van der Waals surface area contributed by atoms with E-state index in [2.05, 4.69) is 10.2 Å². The van der Waals surface area contributed by atoms with Crippen LogP contribution in [0.4, 0.5) is 0 Å². The van der Waals surface area contributed by atoms with Gasteiger partial charge in [-0.1, -0.05) is 0 Å². The molecule has 0 radical (unpaired) electrons. The minimum atomic E-state index is 0.0604. The van der Waals surface area contributed by atoms with E-state index >= 15 is 0 Å². The first-order valence-corrected chi connectivity index (χ1v) is 4.41.